The Bertz CT molecular complexity index is 889. The third kappa shape index (κ3) is 6.69. The number of rotatable bonds is 3. The van der Waals surface area contributed by atoms with Crippen molar-refractivity contribution in [3.63, 3.8) is 0 Å². The van der Waals surface area contributed by atoms with Gasteiger partial charge in [0.1, 0.15) is 0 Å². The molecular weight excluding hydrogens is 424 g/mol. The van der Waals surface area contributed by atoms with Crippen LogP contribution in [0.1, 0.15) is 103 Å². The van der Waals surface area contributed by atoms with Crippen LogP contribution in [0, 0.1) is 5.92 Å². The van der Waals surface area contributed by atoms with Crippen molar-refractivity contribution < 1.29 is 19.2 Å². The van der Waals surface area contributed by atoms with E-state index in [0.717, 1.165) is 24.0 Å². The van der Waals surface area contributed by atoms with Crippen molar-refractivity contribution in [2.45, 2.75) is 97.6 Å². The molecule has 1 heterocycles. The van der Waals surface area contributed by atoms with E-state index in [2.05, 4.69) is 104 Å². The average molecular weight is 469 g/mol. The first-order valence-electron chi connectivity index (χ1n) is 12.8. The Kier molecular flexibility index (Phi) is 8.62. The zero-order valence-corrected chi connectivity index (χ0v) is 22.4. The van der Waals surface area contributed by atoms with Gasteiger partial charge in [-0.25, -0.2) is 0 Å². The van der Waals surface area contributed by atoms with Crippen molar-refractivity contribution in [1.82, 2.24) is 0 Å². The molecule has 0 amide bonds. The summed E-state index contributed by atoms with van der Waals surface area (Å²) in [7, 11) is 0. The zero-order chi connectivity index (χ0) is 25.0. The molecule has 1 saturated heterocycles. The highest BCUT2D eigenvalue weighted by Crippen LogP contribution is 2.36. The molecule has 1 aliphatic heterocycles. The molecule has 2 aromatic carbocycles. The molecule has 0 aromatic heterocycles. The molecule has 1 fully saturated rings. The van der Waals surface area contributed by atoms with Gasteiger partial charge in [0.05, 0.1) is 13.2 Å². The molecule has 4 nitrogen and oxygen atoms in total. The largest absolute Gasteiger partial charge is 0.346 e. The summed E-state index contributed by atoms with van der Waals surface area (Å²) in [5, 5.41) is 0. The summed E-state index contributed by atoms with van der Waals surface area (Å²) in [4.78, 5) is 12.2. The van der Waals surface area contributed by atoms with Crippen LogP contribution in [-0.4, -0.2) is 13.2 Å². The summed E-state index contributed by atoms with van der Waals surface area (Å²) in [6.07, 6.45) is 1.96. The van der Waals surface area contributed by atoms with E-state index in [1.807, 2.05) is 0 Å². The molecule has 4 heteroatoms. The van der Waals surface area contributed by atoms with Gasteiger partial charge in [-0.2, -0.15) is 9.78 Å². The lowest BCUT2D eigenvalue weighted by Crippen LogP contribution is -2.34. The van der Waals surface area contributed by atoms with Crippen LogP contribution in [0.25, 0.3) is 0 Å². The fraction of sp³-hybridized carbons (Fsp3) is 0.600. The third-order valence-corrected chi connectivity index (χ3v) is 6.68. The summed E-state index contributed by atoms with van der Waals surface area (Å²) in [5.41, 5.74) is 4.61. The number of ether oxygens (including phenoxy) is 2. The standard InChI is InChI=1S/C30H44O4/c1-9-30(26-18-16-25(17-19-26)29(6,7)8)32-20-10-11-22(2)21-31-27(33-34-30)23-12-14-24(15-13-23)28(3,4)5/h12-19,22,27H,9-11,20-21H2,1-8H3. The molecule has 0 saturated carbocycles. The number of benzene rings is 2. The monoisotopic (exact) mass is 468 g/mol. The number of hydrogen-bond acceptors (Lipinski definition) is 4. The van der Waals surface area contributed by atoms with Crippen molar-refractivity contribution >= 4 is 0 Å². The second-order valence-electron chi connectivity index (χ2n) is 11.7. The minimum atomic E-state index is -0.989. The lowest BCUT2D eigenvalue weighted by Gasteiger charge is -2.33. The van der Waals surface area contributed by atoms with Crippen LogP contribution < -0.4 is 0 Å². The first-order valence-corrected chi connectivity index (χ1v) is 12.8. The quantitative estimate of drug-likeness (QED) is 0.428. The van der Waals surface area contributed by atoms with Crippen molar-refractivity contribution in [1.29, 1.82) is 0 Å². The van der Waals surface area contributed by atoms with E-state index in [4.69, 9.17) is 19.2 Å². The highest BCUT2D eigenvalue weighted by Gasteiger charge is 2.36. The zero-order valence-electron chi connectivity index (χ0n) is 22.4. The number of hydrogen-bond donors (Lipinski definition) is 0. The molecule has 0 spiro atoms. The smallest absolute Gasteiger partial charge is 0.227 e. The van der Waals surface area contributed by atoms with Crippen LogP contribution in [0.4, 0.5) is 0 Å². The Morgan fingerprint density at radius 1 is 0.853 bits per heavy atom. The van der Waals surface area contributed by atoms with Gasteiger partial charge in [0.15, 0.2) is 0 Å². The molecule has 0 N–H and O–H groups in total. The van der Waals surface area contributed by atoms with E-state index in [1.54, 1.807) is 0 Å². The fourth-order valence-electron chi connectivity index (χ4n) is 4.19. The van der Waals surface area contributed by atoms with E-state index in [9.17, 15) is 0 Å². The van der Waals surface area contributed by atoms with Crippen molar-refractivity contribution in [2.75, 3.05) is 13.2 Å². The molecule has 0 aliphatic carbocycles. The Balaban J connectivity index is 1.90. The molecular formula is C30H44O4. The maximum atomic E-state index is 6.42. The summed E-state index contributed by atoms with van der Waals surface area (Å²) >= 11 is 0. The molecule has 0 bridgehead atoms. The minimum absolute atomic E-state index is 0.0820. The van der Waals surface area contributed by atoms with E-state index < -0.39 is 12.1 Å². The lowest BCUT2D eigenvalue weighted by molar-refractivity contribution is -0.484. The summed E-state index contributed by atoms with van der Waals surface area (Å²) in [6.45, 7) is 18.8. The Hall–Kier alpha value is -1.72. The van der Waals surface area contributed by atoms with Crippen molar-refractivity contribution in [3.8, 4) is 0 Å². The van der Waals surface area contributed by atoms with Gasteiger partial charge >= 0.3 is 0 Å². The average Bonchev–Trinajstić information content (AvgIpc) is 2.83. The Labute approximate surface area is 206 Å². The van der Waals surface area contributed by atoms with Crippen molar-refractivity contribution in [3.05, 3.63) is 70.8 Å². The first kappa shape index (κ1) is 26.9. The summed E-state index contributed by atoms with van der Waals surface area (Å²) < 4.78 is 12.6. The minimum Gasteiger partial charge on any atom is -0.346 e. The predicted octanol–water partition coefficient (Wildman–Crippen LogP) is 7.95. The summed E-state index contributed by atoms with van der Waals surface area (Å²) in [5.74, 6) is -0.583. The third-order valence-electron chi connectivity index (χ3n) is 6.68. The molecule has 188 valence electrons. The second-order valence-corrected chi connectivity index (χ2v) is 11.7. The topological polar surface area (TPSA) is 36.9 Å². The molecule has 3 rings (SSSR count). The maximum Gasteiger partial charge on any atom is 0.227 e. The van der Waals surface area contributed by atoms with Gasteiger partial charge in [-0.1, -0.05) is 104 Å². The molecule has 1 aliphatic rings. The molecule has 3 atom stereocenters. The molecule has 2 aromatic rings. The SMILES string of the molecule is CCC1(c2ccc(C(C)(C)C)cc2)OCCCC(C)COC(c2ccc(C(C)(C)C)cc2)OO1. The van der Waals surface area contributed by atoms with Gasteiger partial charge in [0.2, 0.25) is 12.1 Å². The maximum absolute atomic E-state index is 6.42. The van der Waals surface area contributed by atoms with Gasteiger partial charge in [-0.3, -0.25) is 0 Å². The van der Waals surface area contributed by atoms with Crippen molar-refractivity contribution in [2.24, 2.45) is 5.92 Å². The van der Waals surface area contributed by atoms with Crippen LogP contribution in [0.15, 0.2) is 48.5 Å². The van der Waals surface area contributed by atoms with Gasteiger partial charge < -0.3 is 9.47 Å². The first-order chi connectivity index (χ1) is 15.9. The van der Waals surface area contributed by atoms with Crippen LogP contribution in [0.2, 0.25) is 0 Å². The van der Waals surface area contributed by atoms with Gasteiger partial charge in [0, 0.05) is 17.5 Å². The van der Waals surface area contributed by atoms with Crippen LogP contribution in [0.3, 0.4) is 0 Å². The lowest BCUT2D eigenvalue weighted by atomic mass is 9.86. The highest BCUT2D eigenvalue weighted by atomic mass is 17.3. The molecule has 34 heavy (non-hydrogen) atoms. The normalized spacial score (nSPS) is 25.5. The Morgan fingerprint density at radius 3 is 1.94 bits per heavy atom. The summed E-state index contributed by atoms with van der Waals surface area (Å²) in [6, 6.07) is 17.0. The van der Waals surface area contributed by atoms with E-state index in [0.29, 0.717) is 25.6 Å². The van der Waals surface area contributed by atoms with Crippen LogP contribution in [0.5, 0.6) is 0 Å². The molecule has 3 unspecified atom stereocenters. The predicted molar refractivity (Wildman–Crippen MR) is 137 cm³/mol. The van der Waals surface area contributed by atoms with E-state index >= 15 is 0 Å². The fourth-order valence-corrected chi connectivity index (χ4v) is 4.19. The van der Waals surface area contributed by atoms with E-state index in [-0.39, 0.29) is 10.8 Å². The highest BCUT2D eigenvalue weighted by molar-refractivity contribution is 5.30. The van der Waals surface area contributed by atoms with Gasteiger partial charge in [0.25, 0.3) is 0 Å². The Morgan fingerprint density at radius 2 is 1.41 bits per heavy atom. The molecule has 0 radical (unpaired) electrons. The second kappa shape index (κ2) is 10.9. The van der Waals surface area contributed by atoms with Gasteiger partial charge in [-0.15, -0.1) is 0 Å². The van der Waals surface area contributed by atoms with Crippen LogP contribution >= 0.6 is 0 Å². The van der Waals surface area contributed by atoms with Gasteiger partial charge in [-0.05, 0) is 40.7 Å². The van der Waals surface area contributed by atoms with E-state index in [1.165, 1.54) is 11.1 Å². The van der Waals surface area contributed by atoms with Crippen LogP contribution in [-0.2, 0) is 35.9 Å².